The van der Waals surface area contributed by atoms with E-state index < -0.39 is 11.6 Å². The molecular weight excluding hydrogens is 436 g/mol. The van der Waals surface area contributed by atoms with E-state index in [4.69, 9.17) is 32.7 Å². The van der Waals surface area contributed by atoms with Crippen molar-refractivity contribution in [1.82, 2.24) is 0 Å². The molecule has 0 aromatic heterocycles. The average Bonchev–Trinajstić information content (AvgIpc) is 2.46. The smallest absolute Gasteiger partial charge is 0.143 e. The maximum absolute atomic E-state index is 12.7. The predicted molar refractivity (Wildman–Crippen MR) is 88.6 cm³/mol. The van der Waals surface area contributed by atoms with Gasteiger partial charge in [0.1, 0.15) is 23.1 Å². The van der Waals surface area contributed by atoms with Crippen molar-refractivity contribution >= 4 is 45.8 Å². The van der Waals surface area contributed by atoms with Gasteiger partial charge in [0.25, 0.3) is 0 Å². The lowest BCUT2D eigenvalue weighted by atomic mass is 10.3. The molecule has 7 heteroatoms. The van der Waals surface area contributed by atoms with E-state index in [0.717, 1.165) is 0 Å². The number of hydrogen-bond donors (Lipinski definition) is 0. The summed E-state index contributed by atoms with van der Waals surface area (Å²) >= 11 is 12.9. The quantitative estimate of drug-likeness (QED) is 0.443. The molecular formula is C14H11Cl2F2IO2. The molecule has 2 rings (SSSR count). The van der Waals surface area contributed by atoms with Crippen molar-refractivity contribution in [2.24, 2.45) is 0 Å². The van der Waals surface area contributed by atoms with E-state index in [1.54, 1.807) is 0 Å². The van der Waals surface area contributed by atoms with Crippen molar-refractivity contribution in [3.05, 3.63) is 55.6 Å². The van der Waals surface area contributed by atoms with Gasteiger partial charge < -0.3 is 9.47 Å². The molecule has 21 heavy (non-hydrogen) atoms. The second kappa shape index (κ2) is 8.60. The normalized spacial score (nSPS) is 9.67. The number of rotatable bonds is 2. The summed E-state index contributed by atoms with van der Waals surface area (Å²) in [5.74, 6) is 0.308. The van der Waals surface area contributed by atoms with E-state index in [2.05, 4.69) is 0 Å². The van der Waals surface area contributed by atoms with Gasteiger partial charge in [-0.1, -0.05) is 23.2 Å². The summed E-state index contributed by atoms with van der Waals surface area (Å²) in [4.78, 5) is 0. The van der Waals surface area contributed by atoms with Crippen LogP contribution in [0, 0.1) is 15.2 Å². The monoisotopic (exact) mass is 446 g/mol. The van der Waals surface area contributed by atoms with Crippen LogP contribution in [-0.2, 0) is 0 Å². The third-order valence-electron chi connectivity index (χ3n) is 2.32. The zero-order chi connectivity index (χ0) is 16.0. The maximum atomic E-state index is 12.7. The molecule has 0 aliphatic rings. The Kier molecular flexibility index (Phi) is 7.48. The Labute approximate surface area is 145 Å². The van der Waals surface area contributed by atoms with Crippen molar-refractivity contribution in [1.29, 1.82) is 0 Å². The summed E-state index contributed by atoms with van der Waals surface area (Å²) in [6.45, 7) is 0. The Morgan fingerprint density at radius 2 is 1.52 bits per heavy atom. The van der Waals surface area contributed by atoms with E-state index in [-0.39, 0.29) is 10.0 Å². The summed E-state index contributed by atoms with van der Waals surface area (Å²) in [7, 11) is 3.02. The first-order chi connectivity index (χ1) is 9.88. The van der Waals surface area contributed by atoms with Crippen LogP contribution in [-0.4, -0.2) is 14.2 Å². The molecule has 0 radical (unpaired) electrons. The van der Waals surface area contributed by atoms with Gasteiger partial charge in [0.15, 0.2) is 0 Å². The summed E-state index contributed by atoms with van der Waals surface area (Å²) in [6.07, 6.45) is 0. The minimum absolute atomic E-state index is 0.0827. The third-order valence-corrected chi connectivity index (χ3v) is 3.74. The average molecular weight is 447 g/mol. The molecule has 0 spiro atoms. The highest BCUT2D eigenvalue weighted by Gasteiger charge is 2.05. The highest BCUT2D eigenvalue weighted by atomic mass is 127. The van der Waals surface area contributed by atoms with Crippen LogP contribution in [0.5, 0.6) is 11.5 Å². The summed E-state index contributed by atoms with van der Waals surface area (Å²) < 4.78 is 35.6. The minimum Gasteiger partial charge on any atom is -0.497 e. The largest absolute Gasteiger partial charge is 0.497 e. The summed E-state index contributed by atoms with van der Waals surface area (Å²) in [5, 5.41) is 0.168. The fraction of sp³-hybridized carbons (Fsp3) is 0.143. The third kappa shape index (κ3) is 5.48. The maximum Gasteiger partial charge on any atom is 0.143 e. The molecule has 0 amide bonds. The topological polar surface area (TPSA) is 18.5 Å². The number of methoxy groups -OCH3 is 2. The molecule has 0 heterocycles. The van der Waals surface area contributed by atoms with Gasteiger partial charge in [-0.2, -0.15) is 0 Å². The minimum atomic E-state index is -0.428. The van der Waals surface area contributed by atoms with Gasteiger partial charge in [-0.15, -0.1) is 0 Å². The molecule has 0 aliphatic heterocycles. The first-order valence-corrected chi connectivity index (χ1v) is 7.40. The van der Waals surface area contributed by atoms with E-state index in [0.29, 0.717) is 15.1 Å². The predicted octanol–water partition coefficient (Wildman–Crippen LogP) is 5.58. The van der Waals surface area contributed by atoms with Crippen LogP contribution in [0.4, 0.5) is 8.78 Å². The van der Waals surface area contributed by atoms with Gasteiger partial charge in [-0.05, 0) is 40.8 Å². The van der Waals surface area contributed by atoms with Gasteiger partial charge in [-0.3, -0.25) is 0 Å². The van der Waals surface area contributed by atoms with Crippen LogP contribution in [0.15, 0.2) is 30.3 Å². The lowest BCUT2D eigenvalue weighted by Crippen LogP contribution is -1.88. The lowest BCUT2D eigenvalue weighted by molar-refractivity contribution is 0.410. The van der Waals surface area contributed by atoms with Crippen molar-refractivity contribution in [2.75, 3.05) is 14.2 Å². The first kappa shape index (κ1) is 18.3. The van der Waals surface area contributed by atoms with Gasteiger partial charge in [0.05, 0.1) is 27.8 Å². The molecule has 0 atom stereocenters. The highest BCUT2D eigenvalue weighted by Crippen LogP contribution is 2.27. The fourth-order valence-corrected chi connectivity index (χ4v) is 2.24. The molecule has 0 fully saturated rings. The Morgan fingerprint density at radius 3 is 2.05 bits per heavy atom. The van der Waals surface area contributed by atoms with Crippen LogP contribution in [0.3, 0.4) is 0 Å². The van der Waals surface area contributed by atoms with Crippen LogP contribution in [0.1, 0.15) is 0 Å². The Bertz CT molecular complexity index is 624. The van der Waals surface area contributed by atoms with Gasteiger partial charge in [-0.25, -0.2) is 8.78 Å². The van der Waals surface area contributed by atoms with E-state index in [1.807, 2.05) is 22.6 Å². The number of ether oxygens (including phenoxy) is 2. The molecule has 0 aliphatic carbocycles. The van der Waals surface area contributed by atoms with Crippen LogP contribution < -0.4 is 9.47 Å². The second-order valence-corrected chi connectivity index (χ2v) is 5.66. The zero-order valence-corrected chi connectivity index (χ0v) is 14.8. The standard InChI is InChI=1S/C7H5ClFIO.C7H6ClFO/c1-11-7-2-4(8)5(9)3-6(7)10;1-10-5-2-3-7(9)6(8)4-5/h2-3H,1H3;2-4H,1H3. The van der Waals surface area contributed by atoms with Crippen LogP contribution in [0.25, 0.3) is 0 Å². The van der Waals surface area contributed by atoms with Crippen molar-refractivity contribution < 1.29 is 18.3 Å². The molecule has 0 bridgehead atoms. The lowest BCUT2D eigenvalue weighted by Gasteiger charge is -2.03. The van der Waals surface area contributed by atoms with Crippen LogP contribution >= 0.6 is 45.8 Å². The summed E-state index contributed by atoms with van der Waals surface area (Å²) in [6, 6.07) is 7.00. The Balaban J connectivity index is 0.000000211. The van der Waals surface area contributed by atoms with E-state index >= 15 is 0 Å². The molecule has 2 nitrogen and oxygen atoms in total. The Hall–Kier alpha value is -0.790. The number of halogens is 5. The zero-order valence-electron chi connectivity index (χ0n) is 11.1. The summed E-state index contributed by atoms with van der Waals surface area (Å²) in [5.41, 5.74) is 0. The second-order valence-electron chi connectivity index (χ2n) is 3.68. The molecule has 2 aromatic carbocycles. The van der Waals surface area contributed by atoms with Gasteiger partial charge in [0.2, 0.25) is 0 Å². The van der Waals surface area contributed by atoms with Gasteiger partial charge in [0, 0.05) is 12.1 Å². The molecule has 2 aromatic rings. The van der Waals surface area contributed by atoms with E-state index in [1.165, 1.54) is 44.6 Å². The van der Waals surface area contributed by atoms with Gasteiger partial charge >= 0.3 is 0 Å². The SMILES string of the molecule is COc1cc(Cl)c(F)cc1I.COc1ccc(F)c(Cl)c1. The highest BCUT2D eigenvalue weighted by molar-refractivity contribution is 14.1. The first-order valence-electron chi connectivity index (χ1n) is 5.56. The molecule has 0 unspecified atom stereocenters. The molecule has 0 saturated carbocycles. The fourth-order valence-electron chi connectivity index (χ4n) is 1.26. The van der Waals surface area contributed by atoms with E-state index in [9.17, 15) is 8.78 Å². The molecule has 0 saturated heterocycles. The van der Waals surface area contributed by atoms with Crippen molar-refractivity contribution in [3.8, 4) is 11.5 Å². The number of benzene rings is 2. The van der Waals surface area contributed by atoms with Crippen molar-refractivity contribution in [3.63, 3.8) is 0 Å². The molecule has 114 valence electrons. The Morgan fingerprint density at radius 1 is 0.905 bits per heavy atom. The number of hydrogen-bond acceptors (Lipinski definition) is 2. The van der Waals surface area contributed by atoms with Crippen LogP contribution in [0.2, 0.25) is 10.0 Å². The van der Waals surface area contributed by atoms with Crippen molar-refractivity contribution in [2.45, 2.75) is 0 Å². The molecule has 0 N–H and O–H groups in total.